The standard InChI is InChI=1S/C21H15Cl2N3O3S/c1-26(16-5-3-2-4-6-16)30(28,29)17-9-10-19(22)18(12-17)21(27)25-15-8-7-14(13-24)20(23)11-15/h2-12H,1H3,(H,25,27). The van der Waals surface area contributed by atoms with Gasteiger partial charge >= 0.3 is 0 Å². The first-order valence-corrected chi connectivity index (χ1v) is 10.8. The Bertz CT molecular complexity index is 1260. The first-order chi connectivity index (χ1) is 14.2. The molecule has 0 spiro atoms. The van der Waals surface area contributed by atoms with Gasteiger partial charge in [-0.2, -0.15) is 5.26 Å². The van der Waals surface area contributed by atoms with E-state index >= 15 is 0 Å². The van der Waals surface area contributed by atoms with Crippen molar-refractivity contribution in [2.24, 2.45) is 0 Å². The van der Waals surface area contributed by atoms with E-state index < -0.39 is 15.9 Å². The van der Waals surface area contributed by atoms with Gasteiger partial charge in [0, 0.05) is 12.7 Å². The van der Waals surface area contributed by atoms with Gasteiger partial charge in [0.25, 0.3) is 15.9 Å². The molecule has 0 saturated heterocycles. The van der Waals surface area contributed by atoms with Crippen LogP contribution in [0.25, 0.3) is 0 Å². The van der Waals surface area contributed by atoms with Crippen LogP contribution in [0.15, 0.2) is 71.6 Å². The van der Waals surface area contributed by atoms with Crippen LogP contribution in [0.5, 0.6) is 0 Å². The maximum absolute atomic E-state index is 13.0. The molecule has 3 aromatic carbocycles. The number of carbonyl (C=O) groups is 1. The van der Waals surface area contributed by atoms with E-state index in [4.69, 9.17) is 28.5 Å². The molecule has 30 heavy (non-hydrogen) atoms. The SMILES string of the molecule is CN(c1ccccc1)S(=O)(=O)c1ccc(Cl)c(C(=O)Nc2ccc(C#N)c(Cl)c2)c1. The normalized spacial score (nSPS) is 10.9. The van der Waals surface area contributed by atoms with E-state index in [1.807, 2.05) is 6.07 Å². The molecule has 0 aliphatic heterocycles. The highest BCUT2D eigenvalue weighted by Crippen LogP contribution is 2.27. The summed E-state index contributed by atoms with van der Waals surface area (Å²) in [7, 11) is -2.49. The van der Waals surface area contributed by atoms with Crippen molar-refractivity contribution in [2.45, 2.75) is 4.90 Å². The largest absolute Gasteiger partial charge is 0.322 e. The number of hydrogen-bond donors (Lipinski definition) is 1. The molecule has 152 valence electrons. The second-order valence-corrected chi connectivity index (χ2v) is 8.99. The lowest BCUT2D eigenvalue weighted by Crippen LogP contribution is -2.27. The predicted molar refractivity (Wildman–Crippen MR) is 118 cm³/mol. The molecule has 1 N–H and O–H groups in total. The molecule has 0 aromatic heterocycles. The van der Waals surface area contributed by atoms with Crippen LogP contribution in [0.4, 0.5) is 11.4 Å². The average molecular weight is 460 g/mol. The number of anilines is 2. The monoisotopic (exact) mass is 459 g/mol. The van der Waals surface area contributed by atoms with E-state index in [1.54, 1.807) is 30.3 Å². The van der Waals surface area contributed by atoms with Crippen LogP contribution < -0.4 is 9.62 Å². The Labute approximate surface area is 184 Å². The number of halogens is 2. The third-order valence-electron chi connectivity index (χ3n) is 4.31. The number of rotatable bonds is 5. The van der Waals surface area contributed by atoms with Gasteiger partial charge in [-0.05, 0) is 48.5 Å². The predicted octanol–water partition coefficient (Wildman–Crippen LogP) is 4.94. The molecule has 9 heteroatoms. The zero-order chi connectivity index (χ0) is 21.9. The summed E-state index contributed by atoms with van der Waals surface area (Å²) in [5.41, 5.74) is 1.07. The lowest BCUT2D eigenvalue weighted by molar-refractivity contribution is 0.102. The van der Waals surface area contributed by atoms with E-state index in [1.165, 1.54) is 43.4 Å². The van der Waals surface area contributed by atoms with E-state index in [2.05, 4.69) is 5.32 Å². The minimum Gasteiger partial charge on any atom is -0.322 e. The molecule has 0 atom stereocenters. The van der Waals surface area contributed by atoms with Crippen LogP contribution >= 0.6 is 23.2 Å². The Morgan fingerprint density at radius 3 is 2.33 bits per heavy atom. The number of nitriles is 1. The van der Waals surface area contributed by atoms with Crippen LogP contribution in [0.1, 0.15) is 15.9 Å². The van der Waals surface area contributed by atoms with E-state index in [9.17, 15) is 13.2 Å². The molecule has 0 fully saturated rings. The summed E-state index contributed by atoms with van der Waals surface area (Å²) in [5, 5.41) is 11.8. The minimum absolute atomic E-state index is 0.0142. The van der Waals surface area contributed by atoms with Gasteiger partial charge in [0.2, 0.25) is 0 Å². The van der Waals surface area contributed by atoms with Crippen LogP contribution in [0.2, 0.25) is 10.0 Å². The van der Waals surface area contributed by atoms with Gasteiger partial charge < -0.3 is 5.32 Å². The van der Waals surface area contributed by atoms with Gasteiger partial charge in [0.1, 0.15) is 6.07 Å². The molecule has 0 unspecified atom stereocenters. The molecule has 0 heterocycles. The topological polar surface area (TPSA) is 90.3 Å². The summed E-state index contributed by atoms with van der Waals surface area (Å²) in [6, 6.07) is 18.8. The first-order valence-electron chi connectivity index (χ1n) is 8.58. The molecule has 1 amide bonds. The molecule has 3 rings (SSSR count). The van der Waals surface area contributed by atoms with Gasteiger partial charge in [-0.25, -0.2) is 8.42 Å². The van der Waals surface area contributed by atoms with E-state index in [-0.39, 0.29) is 26.1 Å². The summed E-state index contributed by atoms with van der Waals surface area (Å²) in [5.74, 6) is -0.611. The second-order valence-electron chi connectivity index (χ2n) is 6.21. The number of nitrogens with zero attached hydrogens (tertiary/aromatic N) is 2. The van der Waals surface area contributed by atoms with Gasteiger partial charge in [0.15, 0.2) is 0 Å². The molecule has 0 aliphatic rings. The zero-order valence-corrected chi connectivity index (χ0v) is 18.0. The van der Waals surface area contributed by atoms with Crippen molar-refractivity contribution in [3.8, 4) is 6.07 Å². The van der Waals surface area contributed by atoms with Gasteiger partial charge in [-0.3, -0.25) is 9.10 Å². The molecular formula is C21H15Cl2N3O3S. The van der Waals surface area contributed by atoms with Crippen molar-refractivity contribution in [3.05, 3.63) is 87.9 Å². The van der Waals surface area contributed by atoms with Gasteiger partial charge in [-0.15, -0.1) is 0 Å². The highest BCUT2D eigenvalue weighted by Gasteiger charge is 2.24. The van der Waals surface area contributed by atoms with Crippen LogP contribution in [0, 0.1) is 11.3 Å². The third-order valence-corrected chi connectivity index (χ3v) is 6.73. The average Bonchev–Trinajstić information content (AvgIpc) is 2.74. The minimum atomic E-state index is -3.92. The van der Waals surface area contributed by atoms with Crippen molar-refractivity contribution >= 4 is 50.5 Å². The Kier molecular flexibility index (Phi) is 6.32. The lowest BCUT2D eigenvalue weighted by Gasteiger charge is -2.20. The summed E-state index contributed by atoms with van der Waals surface area (Å²) in [4.78, 5) is 12.6. The third kappa shape index (κ3) is 4.41. The molecule has 3 aromatic rings. The van der Waals surface area contributed by atoms with Crippen molar-refractivity contribution in [2.75, 3.05) is 16.7 Å². The van der Waals surface area contributed by atoms with Crippen molar-refractivity contribution in [3.63, 3.8) is 0 Å². The Morgan fingerprint density at radius 2 is 1.70 bits per heavy atom. The molecule has 0 saturated carbocycles. The molecule has 0 aliphatic carbocycles. The molecule has 0 radical (unpaired) electrons. The van der Waals surface area contributed by atoms with E-state index in [0.717, 1.165) is 4.31 Å². The zero-order valence-electron chi connectivity index (χ0n) is 15.6. The lowest BCUT2D eigenvalue weighted by atomic mass is 10.2. The van der Waals surface area contributed by atoms with Crippen LogP contribution in [0.3, 0.4) is 0 Å². The fraction of sp³-hybridized carbons (Fsp3) is 0.0476. The Balaban J connectivity index is 1.92. The van der Waals surface area contributed by atoms with Gasteiger partial charge in [-0.1, -0.05) is 41.4 Å². The van der Waals surface area contributed by atoms with Crippen LogP contribution in [-0.4, -0.2) is 21.4 Å². The first kappa shape index (κ1) is 21.7. The highest BCUT2D eigenvalue weighted by atomic mass is 35.5. The fourth-order valence-electron chi connectivity index (χ4n) is 2.66. The summed E-state index contributed by atoms with van der Waals surface area (Å²) < 4.78 is 27.1. The summed E-state index contributed by atoms with van der Waals surface area (Å²) >= 11 is 12.1. The van der Waals surface area contributed by atoms with Crippen molar-refractivity contribution < 1.29 is 13.2 Å². The number of nitrogens with one attached hydrogen (secondary N) is 1. The smallest absolute Gasteiger partial charge is 0.264 e. The summed E-state index contributed by atoms with van der Waals surface area (Å²) in [6.07, 6.45) is 0. The molecule has 0 bridgehead atoms. The summed E-state index contributed by atoms with van der Waals surface area (Å²) in [6.45, 7) is 0. The van der Waals surface area contributed by atoms with Crippen LogP contribution in [-0.2, 0) is 10.0 Å². The number of amides is 1. The number of carbonyl (C=O) groups excluding carboxylic acids is 1. The number of para-hydroxylation sites is 1. The highest BCUT2D eigenvalue weighted by molar-refractivity contribution is 7.92. The molecular weight excluding hydrogens is 445 g/mol. The van der Waals surface area contributed by atoms with Gasteiger partial charge in [0.05, 0.1) is 31.8 Å². The fourth-order valence-corrected chi connectivity index (χ4v) is 4.30. The Morgan fingerprint density at radius 1 is 1.00 bits per heavy atom. The maximum Gasteiger partial charge on any atom is 0.264 e. The Hall–Kier alpha value is -3.05. The maximum atomic E-state index is 13.0. The number of hydrogen-bond acceptors (Lipinski definition) is 4. The van der Waals surface area contributed by atoms with E-state index in [0.29, 0.717) is 11.4 Å². The quantitative estimate of drug-likeness (QED) is 0.584. The second kappa shape index (κ2) is 8.76. The van der Waals surface area contributed by atoms with Crippen molar-refractivity contribution in [1.29, 1.82) is 5.26 Å². The number of benzene rings is 3. The molecule has 6 nitrogen and oxygen atoms in total. The number of sulfonamides is 1. The van der Waals surface area contributed by atoms with Crippen molar-refractivity contribution in [1.82, 2.24) is 0 Å².